The fourth-order valence-corrected chi connectivity index (χ4v) is 3.14. The highest BCUT2D eigenvalue weighted by Gasteiger charge is 2.31. The average Bonchev–Trinajstić information content (AvgIpc) is 2.77. The molecule has 0 fully saturated rings. The van der Waals surface area contributed by atoms with Gasteiger partial charge in [0.25, 0.3) is 0 Å². The molecule has 0 aromatic rings. The molecule has 3 atom stereocenters. The highest BCUT2D eigenvalue weighted by atomic mass is 35.5. The number of carbonyl (C=O) groups excluding carboxylic acids is 3. The van der Waals surface area contributed by atoms with Crippen molar-refractivity contribution in [1.29, 1.82) is 0 Å². The van der Waals surface area contributed by atoms with Gasteiger partial charge in [0.2, 0.25) is 11.8 Å². The molecule has 3 unspecified atom stereocenters. The first-order valence-corrected chi connectivity index (χ1v) is 11.9. The van der Waals surface area contributed by atoms with E-state index in [4.69, 9.17) is 21.1 Å². The number of carbonyl (C=O) groups is 3. The van der Waals surface area contributed by atoms with Crippen molar-refractivity contribution >= 4 is 29.4 Å². The van der Waals surface area contributed by atoms with E-state index in [9.17, 15) is 19.5 Å². The third-order valence-corrected chi connectivity index (χ3v) is 5.15. The van der Waals surface area contributed by atoms with Gasteiger partial charge >= 0.3 is 5.97 Å². The van der Waals surface area contributed by atoms with Crippen molar-refractivity contribution in [2.24, 2.45) is 5.41 Å². The first-order chi connectivity index (χ1) is 16.4. The van der Waals surface area contributed by atoms with E-state index in [-0.39, 0.29) is 17.8 Å². The molecule has 0 radical (unpaired) electrons. The minimum Gasteiger partial charge on any atom is -0.490 e. The van der Waals surface area contributed by atoms with Crippen molar-refractivity contribution in [3.05, 3.63) is 59.5 Å². The second-order valence-corrected chi connectivity index (χ2v) is 9.79. The van der Waals surface area contributed by atoms with Gasteiger partial charge in [0.1, 0.15) is 12.1 Å². The first kappa shape index (κ1) is 30.2. The van der Waals surface area contributed by atoms with Crippen LogP contribution in [-0.4, -0.2) is 48.2 Å². The summed E-state index contributed by atoms with van der Waals surface area (Å²) in [5.74, 6) is -1.05. The maximum Gasteiger partial charge on any atom is 0.373 e. The SMILES string of the molecule is COC1=CCC(C/C=C\C=C/C(=O)NC(C(=O)N/C=C\CC(O)C/C=C(\C)Cl)C(C)(C)C)OC1=O. The Hall–Kier alpha value is -2.84. The van der Waals surface area contributed by atoms with Crippen molar-refractivity contribution in [2.45, 2.75) is 71.6 Å². The van der Waals surface area contributed by atoms with Gasteiger partial charge in [-0.2, -0.15) is 0 Å². The van der Waals surface area contributed by atoms with Crippen LogP contribution in [0, 0.1) is 5.41 Å². The highest BCUT2D eigenvalue weighted by molar-refractivity contribution is 6.29. The Bertz CT molecular complexity index is 879. The second-order valence-electron chi connectivity index (χ2n) is 9.19. The van der Waals surface area contributed by atoms with Gasteiger partial charge in [0.15, 0.2) is 5.76 Å². The molecule has 1 heterocycles. The molecule has 0 spiro atoms. The van der Waals surface area contributed by atoms with Crippen LogP contribution in [0.25, 0.3) is 0 Å². The second kappa shape index (κ2) is 15.2. The molecule has 194 valence electrons. The summed E-state index contributed by atoms with van der Waals surface area (Å²) in [4.78, 5) is 36.7. The number of methoxy groups -OCH3 is 1. The van der Waals surface area contributed by atoms with E-state index in [1.165, 1.54) is 19.4 Å². The molecule has 3 N–H and O–H groups in total. The lowest BCUT2D eigenvalue weighted by molar-refractivity contribution is -0.149. The van der Waals surface area contributed by atoms with E-state index >= 15 is 0 Å². The number of rotatable bonds is 12. The Labute approximate surface area is 212 Å². The molecular formula is C26H37ClN2O6. The maximum atomic E-state index is 12.6. The number of amides is 2. The molecule has 2 amide bonds. The summed E-state index contributed by atoms with van der Waals surface area (Å²) in [5, 5.41) is 15.9. The van der Waals surface area contributed by atoms with E-state index in [2.05, 4.69) is 10.6 Å². The van der Waals surface area contributed by atoms with Gasteiger partial charge in [-0.1, -0.05) is 62.8 Å². The monoisotopic (exact) mass is 508 g/mol. The van der Waals surface area contributed by atoms with Gasteiger partial charge in [0, 0.05) is 23.9 Å². The van der Waals surface area contributed by atoms with Crippen molar-refractivity contribution in [2.75, 3.05) is 7.11 Å². The Morgan fingerprint density at radius 2 is 2.00 bits per heavy atom. The van der Waals surface area contributed by atoms with Crippen LogP contribution in [0.2, 0.25) is 0 Å². The summed E-state index contributed by atoms with van der Waals surface area (Å²) in [6.45, 7) is 7.29. The quantitative estimate of drug-likeness (QED) is 0.210. The van der Waals surface area contributed by atoms with Crippen LogP contribution in [0.5, 0.6) is 0 Å². The first-order valence-electron chi connectivity index (χ1n) is 11.5. The summed E-state index contributed by atoms with van der Waals surface area (Å²) >= 11 is 5.75. The number of nitrogens with one attached hydrogen (secondary N) is 2. The van der Waals surface area contributed by atoms with Crippen LogP contribution in [0.1, 0.15) is 53.4 Å². The standard InChI is InChI=1S/C26H37ClN2O6/c1-18(27)13-14-19(30)10-9-17-28-24(32)23(26(2,3)4)29-22(31)12-8-6-7-11-20-15-16-21(34-5)25(33)35-20/h6-9,12-13,16-17,19-20,23,30H,10-11,14-15H2,1-5H3,(H,28,32)(H,29,31)/b7-6-,12-8-,17-9-,18-13+. The van der Waals surface area contributed by atoms with E-state index < -0.39 is 29.4 Å². The summed E-state index contributed by atoms with van der Waals surface area (Å²) in [6.07, 6.45) is 13.9. The topological polar surface area (TPSA) is 114 Å². The molecule has 0 aromatic carbocycles. The Kier molecular flexibility index (Phi) is 13.1. The zero-order valence-electron chi connectivity index (χ0n) is 21.0. The highest BCUT2D eigenvalue weighted by Crippen LogP contribution is 2.20. The normalized spacial score (nSPS) is 18.9. The minimum absolute atomic E-state index is 0.210. The summed E-state index contributed by atoms with van der Waals surface area (Å²) in [5.41, 5.74) is -0.529. The molecule has 0 bridgehead atoms. The van der Waals surface area contributed by atoms with Gasteiger partial charge in [-0.15, -0.1) is 0 Å². The Morgan fingerprint density at radius 3 is 2.60 bits per heavy atom. The van der Waals surface area contributed by atoms with Crippen molar-refractivity contribution in [1.82, 2.24) is 10.6 Å². The summed E-state index contributed by atoms with van der Waals surface area (Å²) in [7, 11) is 1.42. The lowest BCUT2D eigenvalue weighted by atomic mass is 9.86. The third-order valence-electron chi connectivity index (χ3n) is 4.99. The number of esters is 1. The number of ether oxygens (including phenoxy) is 2. The molecular weight excluding hydrogens is 472 g/mol. The fraction of sp³-hybridized carbons (Fsp3) is 0.500. The third kappa shape index (κ3) is 12.4. The average molecular weight is 509 g/mol. The number of cyclic esters (lactones) is 1. The fourth-order valence-electron chi connectivity index (χ4n) is 3.05. The van der Waals surface area contributed by atoms with E-state index in [0.29, 0.717) is 30.7 Å². The van der Waals surface area contributed by atoms with Gasteiger partial charge < -0.3 is 25.2 Å². The van der Waals surface area contributed by atoms with Gasteiger partial charge in [-0.3, -0.25) is 9.59 Å². The molecule has 35 heavy (non-hydrogen) atoms. The zero-order chi connectivity index (χ0) is 26.4. The number of aliphatic hydroxyl groups excluding tert-OH is 1. The Morgan fingerprint density at radius 1 is 1.29 bits per heavy atom. The molecule has 1 aliphatic heterocycles. The smallest absolute Gasteiger partial charge is 0.373 e. The zero-order valence-corrected chi connectivity index (χ0v) is 21.8. The maximum absolute atomic E-state index is 12.6. The number of allylic oxidation sites excluding steroid dienone is 3. The van der Waals surface area contributed by atoms with Crippen LogP contribution in [0.15, 0.2) is 59.5 Å². The van der Waals surface area contributed by atoms with Crippen molar-refractivity contribution in [3.63, 3.8) is 0 Å². The molecule has 8 nitrogen and oxygen atoms in total. The van der Waals surface area contributed by atoms with Crippen LogP contribution < -0.4 is 10.6 Å². The molecule has 9 heteroatoms. The largest absolute Gasteiger partial charge is 0.490 e. The van der Waals surface area contributed by atoms with Crippen LogP contribution in [0.4, 0.5) is 0 Å². The van der Waals surface area contributed by atoms with Crippen LogP contribution in [0.3, 0.4) is 0 Å². The predicted molar refractivity (Wildman–Crippen MR) is 136 cm³/mol. The van der Waals surface area contributed by atoms with Gasteiger partial charge in [0.05, 0.1) is 13.2 Å². The van der Waals surface area contributed by atoms with Gasteiger partial charge in [-0.25, -0.2) is 4.79 Å². The number of aliphatic hydroxyl groups is 1. The molecule has 0 saturated carbocycles. The number of hydrogen-bond donors (Lipinski definition) is 3. The molecule has 1 aliphatic rings. The van der Waals surface area contributed by atoms with Gasteiger partial charge in [-0.05, 0) is 37.5 Å². The van der Waals surface area contributed by atoms with E-state index in [1.807, 2.05) is 20.8 Å². The minimum atomic E-state index is -0.775. The van der Waals surface area contributed by atoms with Crippen molar-refractivity contribution < 1.29 is 29.0 Å². The number of halogens is 1. The van der Waals surface area contributed by atoms with Crippen LogP contribution in [-0.2, 0) is 23.9 Å². The lowest BCUT2D eigenvalue weighted by Crippen LogP contribution is -2.52. The lowest BCUT2D eigenvalue weighted by Gasteiger charge is -2.29. The van der Waals surface area contributed by atoms with E-state index in [0.717, 1.165) is 0 Å². The summed E-state index contributed by atoms with van der Waals surface area (Å²) in [6, 6.07) is -0.775. The van der Waals surface area contributed by atoms with Crippen molar-refractivity contribution in [3.8, 4) is 0 Å². The Balaban J connectivity index is 2.53. The van der Waals surface area contributed by atoms with E-state index in [1.54, 1.807) is 43.4 Å². The summed E-state index contributed by atoms with van der Waals surface area (Å²) < 4.78 is 10.2. The molecule has 0 aliphatic carbocycles. The number of hydrogen-bond acceptors (Lipinski definition) is 6. The molecule has 0 saturated heterocycles. The van der Waals surface area contributed by atoms with Crippen LogP contribution >= 0.6 is 11.6 Å². The molecule has 1 rings (SSSR count). The molecule has 0 aromatic heterocycles. The predicted octanol–water partition coefficient (Wildman–Crippen LogP) is 3.78.